The Morgan fingerprint density at radius 1 is 1.22 bits per heavy atom. The van der Waals surface area contributed by atoms with E-state index in [1.807, 2.05) is 0 Å². The molecule has 0 bridgehead atoms. The molecule has 11 heteroatoms. The molecule has 3 rings (SSSR count). The zero-order valence-electron chi connectivity index (χ0n) is 14.1. The van der Waals surface area contributed by atoms with Crippen LogP contribution in [-0.4, -0.2) is 44.3 Å². The van der Waals surface area contributed by atoms with Crippen molar-refractivity contribution in [2.45, 2.75) is 25.7 Å². The molecule has 1 N–H and O–H groups in total. The molecule has 0 aliphatic carbocycles. The largest absolute Gasteiger partial charge is 0.301 e. The SMILES string of the molecule is O=C(CCCCCN1C(=O)c2cccc([N+](=O)[O-])c2C1=O)Nc1nncs1. The maximum Gasteiger partial charge on any atom is 0.282 e. The second kappa shape index (κ2) is 7.99. The van der Waals surface area contributed by atoms with Gasteiger partial charge in [-0.15, -0.1) is 10.2 Å². The first kappa shape index (κ1) is 18.6. The summed E-state index contributed by atoms with van der Waals surface area (Å²) in [5.41, 5.74) is 1.07. The van der Waals surface area contributed by atoms with Gasteiger partial charge in [-0.3, -0.25) is 29.4 Å². The first-order valence-electron chi connectivity index (χ1n) is 8.18. The summed E-state index contributed by atoms with van der Waals surface area (Å²) < 4.78 is 0. The number of unbranched alkanes of at least 4 members (excludes halogenated alkanes) is 2. The van der Waals surface area contributed by atoms with Crippen LogP contribution < -0.4 is 5.32 Å². The summed E-state index contributed by atoms with van der Waals surface area (Å²) in [6, 6.07) is 4.02. The molecule has 0 fully saturated rings. The van der Waals surface area contributed by atoms with Crippen molar-refractivity contribution in [3.63, 3.8) is 0 Å². The molecule has 1 aliphatic rings. The molecule has 1 aromatic carbocycles. The molecular formula is C16H15N5O5S. The van der Waals surface area contributed by atoms with Gasteiger partial charge in [0, 0.05) is 19.0 Å². The van der Waals surface area contributed by atoms with Gasteiger partial charge in [-0.05, 0) is 18.9 Å². The molecule has 3 amide bonds. The number of nitrogens with zero attached hydrogens (tertiary/aromatic N) is 4. The quantitative estimate of drug-likeness (QED) is 0.316. The van der Waals surface area contributed by atoms with Crippen LogP contribution in [0.15, 0.2) is 23.7 Å². The van der Waals surface area contributed by atoms with Gasteiger partial charge in [0.15, 0.2) is 0 Å². The summed E-state index contributed by atoms with van der Waals surface area (Å²) in [6.45, 7) is 0.154. The predicted octanol–water partition coefficient (Wildman–Crippen LogP) is 2.24. The second-order valence-electron chi connectivity index (χ2n) is 5.82. The maximum atomic E-state index is 12.4. The van der Waals surface area contributed by atoms with Gasteiger partial charge in [0.1, 0.15) is 11.1 Å². The smallest absolute Gasteiger partial charge is 0.282 e. The van der Waals surface area contributed by atoms with Crippen molar-refractivity contribution >= 4 is 39.9 Å². The van der Waals surface area contributed by atoms with E-state index in [9.17, 15) is 24.5 Å². The van der Waals surface area contributed by atoms with E-state index in [0.717, 1.165) is 4.90 Å². The van der Waals surface area contributed by atoms with Crippen molar-refractivity contribution < 1.29 is 19.3 Å². The fourth-order valence-corrected chi connectivity index (χ4v) is 3.27. The lowest BCUT2D eigenvalue weighted by atomic mass is 10.1. The molecule has 0 spiro atoms. The normalized spacial score (nSPS) is 13.0. The minimum Gasteiger partial charge on any atom is -0.301 e. The zero-order chi connectivity index (χ0) is 19.4. The second-order valence-corrected chi connectivity index (χ2v) is 6.65. The molecule has 1 aliphatic heterocycles. The number of carbonyl (C=O) groups is 3. The molecule has 0 saturated carbocycles. The van der Waals surface area contributed by atoms with Crippen molar-refractivity contribution in [2.24, 2.45) is 0 Å². The average molecular weight is 389 g/mol. The molecule has 140 valence electrons. The fourth-order valence-electron chi connectivity index (χ4n) is 2.81. The van der Waals surface area contributed by atoms with E-state index in [4.69, 9.17) is 0 Å². The van der Waals surface area contributed by atoms with E-state index in [1.54, 1.807) is 0 Å². The predicted molar refractivity (Wildman–Crippen MR) is 95.5 cm³/mol. The highest BCUT2D eigenvalue weighted by Crippen LogP contribution is 2.30. The van der Waals surface area contributed by atoms with E-state index >= 15 is 0 Å². The highest BCUT2D eigenvalue weighted by molar-refractivity contribution is 7.13. The molecule has 0 saturated heterocycles. The minimum absolute atomic E-state index is 0.0608. The average Bonchev–Trinajstić information content (AvgIpc) is 3.23. The summed E-state index contributed by atoms with van der Waals surface area (Å²) in [5.74, 6) is -1.34. The van der Waals surface area contributed by atoms with Gasteiger partial charge in [0.25, 0.3) is 17.5 Å². The number of carbonyl (C=O) groups excluding carboxylic acids is 3. The Balaban J connectivity index is 1.48. The summed E-state index contributed by atoms with van der Waals surface area (Å²) in [7, 11) is 0. The van der Waals surface area contributed by atoms with E-state index in [2.05, 4.69) is 15.5 Å². The van der Waals surface area contributed by atoms with E-state index in [1.165, 1.54) is 35.0 Å². The number of aromatic nitrogens is 2. The van der Waals surface area contributed by atoms with Gasteiger partial charge in [0.05, 0.1) is 10.5 Å². The van der Waals surface area contributed by atoms with Crippen molar-refractivity contribution in [3.05, 3.63) is 45.0 Å². The van der Waals surface area contributed by atoms with E-state index in [-0.39, 0.29) is 35.7 Å². The number of rotatable bonds is 8. The van der Waals surface area contributed by atoms with Gasteiger partial charge < -0.3 is 5.32 Å². The van der Waals surface area contributed by atoms with Crippen molar-refractivity contribution in [1.29, 1.82) is 0 Å². The highest BCUT2D eigenvalue weighted by atomic mass is 32.1. The van der Waals surface area contributed by atoms with Crippen LogP contribution in [0.4, 0.5) is 10.8 Å². The molecule has 2 aromatic rings. The third kappa shape index (κ3) is 3.97. The van der Waals surface area contributed by atoms with Gasteiger partial charge in [-0.2, -0.15) is 0 Å². The number of anilines is 1. The van der Waals surface area contributed by atoms with E-state index < -0.39 is 16.7 Å². The Kier molecular flexibility index (Phi) is 5.50. The van der Waals surface area contributed by atoms with Crippen LogP contribution in [0.5, 0.6) is 0 Å². The number of nitrogens with one attached hydrogen (secondary N) is 1. The molecule has 0 unspecified atom stereocenters. The Morgan fingerprint density at radius 3 is 2.74 bits per heavy atom. The highest BCUT2D eigenvalue weighted by Gasteiger charge is 2.40. The van der Waals surface area contributed by atoms with Crippen LogP contribution >= 0.6 is 11.3 Å². The van der Waals surface area contributed by atoms with Crippen LogP contribution in [0.3, 0.4) is 0 Å². The Morgan fingerprint density at radius 2 is 2.04 bits per heavy atom. The third-order valence-corrected chi connectivity index (χ3v) is 4.67. The topological polar surface area (TPSA) is 135 Å². The Bertz CT molecular complexity index is 899. The number of fused-ring (bicyclic) bond motifs is 1. The number of imide groups is 1. The molecule has 10 nitrogen and oxygen atoms in total. The fraction of sp³-hybridized carbons (Fsp3) is 0.312. The summed E-state index contributed by atoms with van der Waals surface area (Å²) >= 11 is 1.23. The molecule has 0 atom stereocenters. The summed E-state index contributed by atoms with van der Waals surface area (Å²) in [6.07, 6.45) is 1.99. The zero-order valence-corrected chi connectivity index (χ0v) is 14.9. The summed E-state index contributed by atoms with van der Waals surface area (Å²) in [4.78, 5) is 47.9. The van der Waals surface area contributed by atoms with E-state index in [0.29, 0.717) is 24.4 Å². The summed E-state index contributed by atoms with van der Waals surface area (Å²) in [5, 5.41) is 21.5. The molecular weight excluding hydrogens is 374 g/mol. The number of nitro groups is 1. The van der Waals surface area contributed by atoms with Gasteiger partial charge in [-0.1, -0.05) is 23.8 Å². The number of amides is 3. The van der Waals surface area contributed by atoms with Gasteiger partial charge >= 0.3 is 0 Å². The Hall–Kier alpha value is -3.21. The number of benzene rings is 1. The standard InChI is InChI=1S/C16H15N5O5S/c22-12(18-16-19-17-9-27-16)7-2-1-3-8-20-14(23)10-5-4-6-11(21(25)26)13(10)15(20)24/h4-6,9H,1-3,7-8H2,(H,18,19,22). The molecule has 1 aromatic heterocycles. The lowest BCUT2D eigenvalue weighted by Gasteiger charge is -2.13. The van der Waals surface area contributed by atoms with Crippen molar-refractivity contribution in [2.75, 3.05) is 11.9 Å². The number of nitro benzene ring substituents is 1. The van der Waals surface area contributed by atoms with Crippen LogP contribution in [-0.2, 0) is 4.79 Å². The first-order valence-corrected chi connectivity index (χ1v) is 9.06. The minimum atomic E-state index is -0.663. The lowest BCUT2D eigenvalue weighted by molar-refractivity contribution is -0.385. The number of hydrogen-bond donors (Lipinski definition) is 1. The van der Waals surface area contributed by atoms with Crippen LogP contribution in [0.25, 0.3) is 0 Å². The third-order valence-electron chi connectivity index (χ3n) is 4.07. The molecule has 27 heavy (non-hydrogen) atoms. The van der Waals surface area contributed by atoms with Gasteiger partial charge in [0.2, 0.25) is 11.0 Å². The van der Waals surface area contributed by atoms with Crippen LogP contribution in [0.2, 0.25) is 0 Å². The lowest BCUT2D eigenvalue weighted by Crippen LogP contribution is -2.30. The van der Waals surface area contributed by atoms with Crippen LogP contribution in [0, 0.1) is 10.1 Å². The van der Waals surface area contributed by atoms with Crippen LogP contribution in [0.1, 0.15) is 46.4 Å². The molecule has 2 heterocycles. The first-order chi connectivity index (χ1) is 13.0. The van der Waals surface area contributed by atoms with Crippen molar-refractivity contribution in [3.8, 4) is 0 Å². The molecule has 0 radical (unpaired) electrons. The van der Waals surface area contributed by atoms with Crippen molar-refractivity contribution in [1.82, 2.24) is 15.1 Å². The number of hydrogen-bond acceptors (Lipinski definition) is 8. The van der Waals surface area contributed by atoms with Gasteiger partial charge in [-0.25, -0.2) is 0 Å². The maximum absolute atomic E-state index is 12.4. The monoisotopic (exact) mass is 389 g/mol. The Labute approximate surface area is 157 Å².